The van der Waals surface area contributed by atoms with E-state index < -0.39 is 0 Å². The lowest BCUT2D eigenvalue weighted by Crippen LogP contribution is -2.43. The highest BCUT2D eigenvalue weighted by Crippen LogP contribution is 2.43. The van der Waals surface area contributed by atoms with Crippen LogP contribution in [0, 0.1) is 16.7 Å². The van der Waals surface area contributed by atoms with E-state index in [1.165, 1.54) is 58.0 Å². The second kappa shape index (κ2) is 6.13. The zero-order valence-electron chi connectivity index (χ0n) is 13.2. The zero-order valence-corrected chi connectivity index (χ0v) is 13.2. The minimum atomic E-state index is 0.204. The van der Waals surface area contributed by atoms with Gasteiger partial charge in [0.15, 0.2) is 0 Å². The molecule has 2 unspecified atom stereocenters. The van der Waals surface area contributed by atoms with E-state index in [1.807, 2.05) is 0 Å². The van der Waals surface area contributed by atoms with Gasteiger partial charge in [0.1, 0.15) is 0 Å². The van der Waals surface area contributed by atoms with Gasteiger partial charge in [-0.15, -0.1) is 0 Å². The molecule has 2 rings (SSSR count). The smallest absolute Gasteiger partial charge is 0.0499 e. The van der Waals surface area contributed by atoms with Gasteiger partial charge in [0, 0.05) is 25.1 Å². The summed E-state index contributed by atoms with van der Waals surface area (Å²) in [4.78, 5) is 2.65. The third-order valence-electron chi connectivity index (χ3n) is 6.10. The molecule has 19 heavy (non-hydrogen) atoms. The Kier molecular flexibility index (Phi) is 4.94. The van der Waals surface area contributed by atoms with Crippen molar-refractivity contribution in [3.63, 3.8) is 0 Å². The summed E-state index contributed by atoms with van der Waals surface area (Å²) in [5.41, 5.74) is 0.770. The van der Waals surface area contributed by atoms with Crippen molar-refractivity contribution in [3.05, 3.63) is 0 Å². The Balaban J connectivity index is 1.96. The van der Waals surface area contributed by atoms with Crippen LogP contribution in [-0.2, 0) is 0 Å². The number of rotatable bonds is 5. The van der Waals surface area contributed by atoms with Gasteiger partial charge in [-0.2, -0.15) is 0 Å². The van der Waals surface area contributed by atoms with E-state index in [0.717, 1.165) is 12.5 Å². The minimum absolute atomic E-state index is 0.204. The predicted molar refractivity (Wildman–Crippen MR) is 81.2 cm³/mol. The fourth-order valence-corrected chi connectivity index (χ4v) is 4.57. The summed E-state index contributed by atoms with van der Waals surface area (Å²) in [5, 5.41) is 9.94. The number of aliphatic hydroxyl groups is 1. The van der Waals surface area contributed by atoms with Crippen LogP contribution in [0.2, 0.25) is 0 Å². The molecule has 0 bridgehead atoms. The fraction of sp³-hybridized carbons (Fsp3) is 1.00. The Morgan fingerprint density at radius 2 is 1.89 bits per heavy atom. The highest BCUT2D eigenvalue weighted by molar-refractivity contribution is 4.93. The van der Waals surface area contributed by atoms with Crippen LogP contribution in [0.5, 0.6) is 0 Å². The van der Waals surface area contributed by atoms with Gasteiger partial charge in [-0.3, -0.25) is 0 Å². The topological polar surface area (TPSA) is 23.5 Å². The first-order chi connectivity index (χ1) is 9.07. The van der Waals surface area contributed by atoms with Crippen LogP contribution in [-0.4, -0.2) is 36.2 Å². The third kappa shape index (κ3) is 3.33. The minimum Gasteiger partial charge on any atom is -0.396 e. The molecule has 2 aliphatic rings. The molecular weight excluding hydrogens is 234 g/mol. The number of nitrogens with zero attached hydrogens (tertiary/aromatic N) is 1. The molecule has 1 aliphatic heterocycles. The van der Waals surface area contributed by atoms with Crippen molar-refractivity contribution in [1.29, 1.82) is 0 Å². The summed E-state index contributed by atoms with van der Waals surface area (Å²) in [7, 11) is 0. The molecule has 1 saturated carbocycles. The standard InChI is InChI=1S/C17H33NO/c1-4-16(5-2)9-10-18(12-16)13-17(14-19)8-6-7-15(3)11-17/h15,19H,4-14H2,1-3H3. The molecule has 2 atom stereocenters. The van der Waals surface area contributed by atoms with Crippen molar-refractivity contribution in [1.82, 2.24) is 4.90 Å². The first kappa shape index (κ1) is 15.3. The van der Waals surface area contributed by atoms with Crippen molar-refractivity contribution >= 4 is 0 Å². The molecule has 0 aromatic carbocycles. The van der Waals surface area contributed by atoms with Crippen molar-refractivity contribution in [2.24, 2.45) is 16.7 Å². The third-order valence-corrected chi connectivity index (χ3v) is 6.10. The summed E-state index contributed by atoms with van der Waals surface area (Å²) >= 11 is 0. The zero-order chi connectivity index (χ0) is 13.9. The molecule has 2 heteroatoms. The molecule has 0 amide bonds. The fourth-order valence-electron chi connectivity index (χ4n) is 4.57. The molecular formula is C17H33NO. The number of hydrogen-bond acceptors (Lipinski definition) is 2. The molecule has 112 valence electrons. The van der Waals surface area contributed by atoms with Crippen LogP contribution >= 0.6 is 0 Å². The van der Waals surface area contributed by atoms with Crippen LogP contribution in [0.3, 0.4) is 0 Å². The largest absolute Gasteiger partial charge is 0.396 e. The highest BCUT2D eigenvalue weighted by atomic mass is 16.3. The van der Waals surface area contributed by atoms with Crippen molar-refractivity contribution in [2.45, 2.75) is 65.7 Å². The summed E-state index contributed by atoms with van der Waals surface area (Å²) < 4.78 is 0. The lowest BCUT2D eigenvalue weighted by molar-refractivity contribution is 0.0269. The van der Waals surface area contributed by atoms with E-state index in [4.69, 9.17) is 0 Å². The molecule has 2 fully saturated rings. The van der Waals surface area contributed by atoms with E-state index in [9.17, 15) is 5.11 Å². The summed E-state index contributed by atoms with van der Waals surface area (Å²) in [6.45, 7) is 11.1. The molecule has 0 aromatic rings. The maximum Gasteiger partial charge on any atom is 0.0499 e. The average molecular weight is 267 g/mol. The Morgan fingerprint density at radius 3 is 2.42 bits per heavy atom. The van der Waals surface area contributed by atoms with E-state index in [0.29, 0.717) is 12.0 Å². The predicted octanol–water partition coefficient (Wildman–Crippen LogP) is 3.69. The molecule has 2 nitrogen and oxygen atoms in total. The maximum atomic E-state index is 9.94. The molecule has 1 heterocycles. The maximum absolute atomic E-state index is 9.94. The number of hydrogen-bond donors (Lipinski definition) is 1. The highest BCUT2D eigenvalue weighted by Gasteiger charge is 2.41. The van der Waals surface area contributed by atoms with Crippen LogP contribution in [0.15, 0.2) is 0 Å². The van der Waals surface area contributed by atoms with Crippen molar-refractivity contribution < 1.29 is 5.11 Å². The van der Waals surface area contributed by atoms with E-state index in [2.05, 4.69) is 25.7 Å². The molecule has 1 aliphatic carbocycles. The lowest BCUT2D eigenvalue weighted by atomic mass is 9.70. The van der Waals surface area contributed by atoms with Gasteiger partial charge in [0.2, 0.25) is 0 Å². The molecule has 1 saturated heterocycles. The number of aliphatic hydroxyl groups excluding tert-OH is 1. The molecule has 0 spiro atoms. The second-order valence-electron chi connectivity index (χ2n) is 7.53. The van der Waals surface area contributed by atoms with Crippen molar-refractivity contribution in [3.8, 4) is 0 Å². The van der Waals surface area contributed by atoms with E-state index in [-0.39, 0.29) is 5.41 Å². The monoisotopic (exact) mass is 267 g/mol. The van der Waals surface area contributed by atoms with Crippen LogP contribution in [0.25, 0.3) is 0 Å². The SMILES string of the molecule is CCC1(CC)CCN(CC2(CO)CCCC(C)C2)C1. The normalized spacial score (nSPS) is 35.7. The molecule has 0 aromatic heterocycles. The van der Waals surface area contributed by atoms with Gasteiger partial charge in [0.25, 0.3) is 0 Å². The molecule has 1 N–H and O–H groups in total. The van der Waals surface area contributed by atoms with Gasteiger partial charge in [-0.25, -0.2) is 0 Å². The molecule has 0 radical (unpaired) electrons. The summed E-state index contributed by atoms with van der Waals surface area (Å²) in [6.07, 6.45) is 9.10. The second-order valence-corrected chi connectivity index (χ2v) is 7.53. The quantitative estimate of drug-likeness (QED) is 0.821. The van der Waals surface area contributed by atoms with E-state index in [1.54, 1.807) is 0 Å². The van der Waals surface area contributed by atoms with Gasteiger partial charge >= 0.3 is 0 Å². The first-order valence-corrected chi connectivity index (χ1v) is 8.40. The van der Waals surface area contributed by atoms with Crippen LogP contribution in [0.4, 0.5) is 0 Å². The van der Waals surface area contributed by atoms with Crippen molar-refractivity contribution in [2.75, 3.05) is 26.2 Å². The van der Waals surface area contributed by atoms with Crippen LogP contribution in [0.1, 0.15) is 65.7 Å². The first-order valence-electron chi connectivity index (χ1n) is 8.40. The average Bonchev–Trinajstić information content (AvgIpc) is 2.82. The Hall–Kier alpha value is -0.0800. The lowest BCUT2D eigenvalue weighted by Gasteiger charge is -2.41. The van der Waals surface area contributed by atoms with E-state index >= 15 is 0 Å². The van der Waals surface area contributed by atoms with Gasteiger partial charge in [-0.05, 0) is 50.0 Å². The van der Waals surface area contributed by atoms with Gasteiger partial charge in [0.05, 0.1) is 0 Å². The van der Waals surface area contributed by atoms with Gasteiger partial charge < -0.3 is 10.0 Å². The Bertz CT molecular complexity index is 287. The summed E-state index contributed by atoms with van der Waals surface area (Å²) in [6, 6.07) is 0. The number of likely N-dealkylation sites (tertiary alicyclic amines) is 1. The van der Waals surface area contributed by atoms with Crippen LogP contribution < -0.4 is 0 Å². The summed E-state index contributed by atoms with van der Waals surface area (Å²) in [5.74, 6) is 0.797. The Labute approximate surface area is 119 Å². The Morgan fingerprint density at radius 1 is 1.16 bits per heavy atom. The van der Waals surface area contributed by atoms with Gasteiger partial charge in [-0.1, -0.05) is 33.6 Å².